The molecule has 0 radical (unpaired) electrons. The molecule has 2 aromatic carbocycles. The van der Waals surface area contributed by atoms with Crippen LogP contribution < -0.4 is 11.3 Å². The minimum absolute atomic E-state index is 0.0170. The van der Waals surface area contributed by atoms with Gasteiger partial charge in [0.25, 0.3) is 0 Å². The molecule has 112 valence electrons. The monoisotopic (exact) mass is 334 g/mol. The van der Waals surface area contributed by atoms with Crippen LogP contribution in [0.1, 0.15) is 22.7 Å². The normalized spacial score (nSPS) is 13.2. The molecule has 0 aliphatic rings. The molecule has 0 amide bonds. The van der Waals surface area contributed by atoms with E-state index >= 15 is 0 Å². The lowest BCUT2D eigenvalue weighted by Gasteiger charge is -2.22. The van der Waals surface area contributed by atoms with Gasteiger partial charge in [0.1, 0.15) is 0 Å². The second-order valence-electron chi connectivity index (χ2n) is 4.33. The Morgan fingerprint density at radius 2 is 1.57 bits per heavy atom. The Balaban J connectivity index is 2.60. The van der Waals surface area contributed by atoms with Gasteiger partial charge in [0, 0.05) is 0 Å². The van der Waals surface area contributed by atoms with Crippen molar-refractivity contribution in [2.24, 2.45) is 5.84 Å². The Labute approximate surface area is 129 Å². The number of hydrogen-bond donors (Lipinski definition) is 2. The quantitative estimate of drug-likeness (QED) is 0.637. The van der Waals surface area contributed by atoms with Crippen LogP contribution in [0.25, 0.3) is 0 Å². The third-order valence-corrected chi connectivity index (χ3v) is 3.87. The van der Waals surface area contributed by atoms with Gasteiger partial charge in [-0.25, -0.2) is 5.43 Å². The van der Waals surface area contributed by atoms with Crippen molar-refractivity contribution < 1.29 is 13.2 Å². The van der Waals surface area contributed by atoms with E-state index in [0.717, 1.165) is 6.07 Å². The molecule has 0 aliphatic heterocycles. The van der Waals surface area contributed by atoms with Crippen LogP contribution in [0.4, 0.5) is 13.2 Å². The molecule has 0 saturated carbocycles. The van der Waals surface area contributed by atoms with E-state index in [1.54, 1.807) is 18.2 Å². The third-order valence-electron chi connectivity index (χ3n) is 3.04. The first-order chi connectivity index (χ1) is 9.86. The molecule has 2 nitrogen and oxygen atoms in total. The molecular formula is C14H11Cl2F3N2. The zero-order valence-corrected chi connectivity index (χ0v) is 12.1. The van der Waals surface area contributed by atoms with Crippen LogP contribution in [-0.2, 0) is 6.18 Å². The summed E-state index contributed by atoms with van der Waals surface area (Å²) in [5, 5.41) is 0.415. The zero-order valence-electron chi connectivity index (χ0n) is 10.6. The largest absolute Gasteiger partial charge is 0.416 e. The van der Waals surface area contributed by atoms with Crippen molar-refractivity contribution in [3.8, 4) is 0 Å². The van der Waals surface area contributed by atoms with Gasteiger partial charge < -0.3 is 0 Å². The van der Waals surface area contributed by atoms with Crippen molar-refractivity contribution in [1.29, 1.82) is 0 Å². The topological polar surface area (TPSA) is 38.0 Å². The number of nitrogens with two attached hydrogens (primary N) is 1. The Morgan fingerprint density at radius 3 is 2.19 bits per heavy atom. The predicted molar refractivity (Wildman–Crippen MR) is 77.1 cm³/mol. The van der Waals surface area contributed by atoms with Crippen LogP contribution in [0, 0.1) is 0 Å². The van der Waals surface area contributed by atoms with Crippen molar-refractivity contribution in [2.75, 3.05) is 0 Å². The Bertz CT molecular complexity index is 644. The van der Waals surface area contributed by atoms with E-state index in [-0.39, 0.29) is 15.6 Å². The number of nitrogens with one attached hydrogen (secondary N) is 1. The van der Waals surface area contributed by atoms with E-state index in [0.29, 0.717) is 5.56 Å². The number of hydrazine groups is 1. The van der Waals surface area contributed by atoms with E-state index in [1.165, 1.54) is 18.2 Å². The van der Waals surface area contributed by atoms with E-state index < -0.39 is 17.8 Å². The highest BCUT2D eigenvalue weighted by atomic mass is 35.5. The average molecular weight is 335 g/mol. The van der Waals surface area contributed by atoms with Gasteiger partial charge >= 0.3 is 6.18 Å². The van der Waals surface area contributed by atoms with Crippen molar-refractivity contribution in [1.82, 2.24) is 5.43 Å². The lowest BCUT2D eigenvalue weighted by atomic mass is 9.94. The molecule has 3 N–H and O–H groups in total. The maximum absolute atomic E-state index is 13.1. The van der Waals surface area contributed by atoms with E-state index in [1.807, 2.05) is 0 Å². The Morgan fingerprint density at radius 1 is 0.952 bits per heavy atom. The highest BCUT2D eigenvalue weighted by molar-refractivity contribution is 6.42. The van der Waals surface area contributed by atoms with E-state index in [9.17, 15) is 13.2 Å². The van der Waals surface area contributed by atoms with Crippen molar-refractivity contribution >= 4 is 23.2 Å². The SMILES string of the molecule is NNC(c1ccccc1C(F)(F)F)c1cccc(Cl)c1Cl. The fourth-order valence-electron chi connectivity index (χ4n) is 2.10. The molecule has 0 heterocycles. The molecule has 0 bridgehead atoms. The van der Waals surface area contributed by atoms with Crippen molar-refractivity contribution in [2.45, 2.75) is 12.2 Å². The molecule has 2 rings (SSSR count). The summed E-state index contributed by atoms with van der Waals surface area (Å²) in [6, 6.07) is 8.98. The highest BCUT2D eigenvalue weighted by Crippen LogP contribution is 2.39. The first kappa shape index (κ1) is 16.1. The molecule has 0 saturated heterocycles. The summed E-state index contributed by atoms with van der Waals surface area (Å²) in [6.07, 6.45) is -4.49. The Kier molecular flexibility index (Phi) is 4.78. The predicted octanol–water partition coefficient (Wildman–Crippen LogP) is 4.56. The average Bonchev–Trinajstić information content (AvgIpc) is 2.44. The molecule has 0 aromatic heterocycles. The summed E-state index contributed by atoms with van der Waals surface area (Å²) in [7, 11) is 0. The number of benzene rings is 2. The van der Waals surface area contributed by atoms with Gasteiger partial charge in [-0.05, 0) is 23.3 Å². The summed E-state index contributed by atoms with van der Waals surface area (Å²) < 4.78 is 39.3. The molecule has 0 aliphatic carbocycles. The summed E-state index contributed by atoms with van der Waals surface area (Å²) in [6.45, 7) is 0. The van der Waals surface area contributed by atoms with E-state index in [4.69, 9.17) is 29.0 Å². The molecule has 21 heavy (non-hydrogen) atoms. The summed E-state index contributed by atoms with van der Waals surface area (Å²) >= 11 is 12.0. The molecule has 7 heteroatoms. The van der Waals surface area contributed by atoms with Gasteiger partial charge in [-0.2, -0.15) is 13.2 Å². The second kappa shape index (κ2) is 6.23. The van der Waals surface area contributed by atoms with Crippen LogP contribution in [0.5, 0.6) is 0 Å². The number of rotatable bonds is 3. The molecule has 0 spiro atoms. The number of hydrogen-bond acceptors (Lipinski definition) is 2. The standard InChI is InChI=1S/C14H11Cl2F3N2/c15-11-7-3-5-9(12(11)16)13(21-20)8-4-1-2-6-10(8)14(17,18)19/h1-7,13,21H,20H2. The lowest BCUT2D eigenvalue weighted by molar-refractivity contribution is -0.138. The van der Waals surface area contributed by atoms with Gasteiger partial charge in [0.05, 0.1) is 21.7 Å². The molecule has 1 unspecified atom stereocenters. The fourth-order valence-corrected chi connectivity index (χ4v) is 2.51. The number of alkyl halides is 3. The maximum Gasteiger partial charge on any atom is 0.416 e. The highest BCUT2D eigenvalue weighted by Gasteiger charge is 2.35. The molecule has 2 aromatic rings. The van der Waals surface area contributed by atoms with Crippen LogP contribution in [0.15, 0.2) is 42.5 Å². The van der Waals surface area contributed by atoms with Gasteiger partial charge in [-0.1, -0.05) is 53.5 Å². The van der Waals surface area contributed by atoms with Gasteiger partial charge in [-0.15, -0.1) is 0 Å². The zero-order chi connectivity index (χ0) is 15.6. The smallest absolute Gasteiger partial charge is 0.271 e. The van der Waals surface area contributed by atoms with Gasteiger partial charge in [0.15, 0.2) is 0 Å². The first-order valence-corrected chi connectivity index (χ1v) is 6.68. The first-order valence-electron chi connectivity index (χ1n) is 5.92. The van der Waals surface area contributed by atoms with Gasteiger partial charge in [-0.3, -0.25) is 5.84 Å². The number of halogens is 5. The molecule has 0 fully saturated rings. The van der Waals surface area contributed by atoms with Crippen LogP contribution in [0.2, 0.25) is 10.0 Å². The maximum atomic E-state index is 13.1. The summed E-state index contributed by atoms with van der Waals surface area (Å²) in [5.41, 5.74) is 1.96. The van der Waals surface area contributed by atoms with Crippen LogP contribution >= 0.6 is 23.2 Å². The minimum Gasteiger partial charge on any atom is -0.271 e. The Hall–Kier alpha value is -1.27. The lowest BCUT2D eigenvalue weighted by Crippen LogP contribution is -2.30. The minimum atomic E-state index is -4.49. The van der Waals surface area contributed by atoms with Crippen molar-refractivity contribution in [3.63, 3.8) is 0 Å². The fraction of sp³-hybridized carbons (Fsp3) is 0.143. The summed E-state index contributed by atoms with van der Waals surface area (Å²) in [4.78, 5) is 0. The van der Waals surface area contributed by atoms with Crippen molar-refractivity contribution in [3.05, 3.63) is 69.2 Å². The third kappa shape index (κ3) is 3.32. The molecule has 1 atom stereocenters. The second-order valence-corrected chi connectivity index (χ2v) is 5.11. The van der Waals surface area contributed by atoms with E-state index in [2.05, 4.69) is 5.43 Å². The molecular weight excluding hydrogens is 324 g/mol. The van der Waals surface area contributed by atoms with Gasteiger partial charge in [0.2, 0.25) is 0 Å². The van der Waals surface area contributed by atoms with Crippen LogP contribution in [-0.4, -0.2) is 0 Å². The van der Waals surface area contributed by atoms with Crippen LogP contribution in [0.3, 0.4) is 0 Å². The summed E-state index contributed by atoms with van der Waals surface area (Å²) in [5.74, 6) is 5.45.